The van der Waals surface area contributed by atoms with E-state index < -0.39 is 34.5 Å². The number of rotatable bonds is 6. The maximum Gasteiger partial charge on any atom is 0.402 e. The number of halogens is 4. The summed E-state index contributed by atoms with van der Waals surface area (Å²) >= 11 is 5.63. The van der Waals surface area contributed by atoms with Gasteiger partial charge in [0.15, 0.2) is 0 Å². The van der Waals surface area contributed by atoms with E-state index in [2.05, 4.69) is 0 Å². The normalized spacial score (nSPS) is 13.1. The van der Waals surface area contributed by atoms with Gasteiger partial charge in [-0.1, -0.05) is 24.3 Å². The molecule has 0 aliphatic heterocycles. The van der Waals surface area contributed by atoms with Gasteiger partial charge in [-0.2, -0.15) is 17.5 Å². The van der Waals surface area contributed by atoms with E-state index in [9.17, 15) is 21.6 Å². The minimum absolute atomic E-state index is 0.291. The first-order valence-corrected chi connectivity index (χ1v) is 8.39. The predicted octanol–water partition coefficient (Wildman–Crippen LogP) is 3.53. The minimum Gasteiger partial charge on any atom is -0.212 e. The van der Waals surface area contributed by atoms with E-state index in [4.69, 9.17) is 11.6 Å². The van der Waals surface area contributed by atoms with Gasteiger partial charge in [-0.25, -0.2) is 8.42 Å². The lowest BCUT2D eigenvalue weighted by molar-refractivity contribution is -0.138. The summed E-state index contributed by atoms with van der Waals surface area (Å²) < 4.78 is 62.4. The Hall–Kier alpha value is -0.790. The molecule has 21 heavy (non-hydrogen) atoms. The van der Waals surface area contributed by atoms with Gasteiger partial charge in [0.05, 0.1) is 5.75 Å². The average Bonchev–Trinajstić information content (AvgIpc) is 2.35. The molecule has 0 spiro atoms. The van der Waals surface area contributed by atoms with Crippen LogP contribution in [0, 0.1) is 0 Å². The lowest BCUT2D eigenvalue weighted by atomic mass is 10.2. The first kappa shape index (κ1) is 18.3. The van der Waals surface area contributed by atoms with Crippen molar-refractivity contribution >= 4 is 21.6 Å². The van der Waals surface area contributed by atoms with Gasteiger partial charge in [-0.05, 0) is 25.0 Å². The van der Waals surface area contributed by atoms with Crippen molar-refractivity contribution in [3.05, 3.63) is 35.4 Å². The highest BCUT2D eigenvalue weighted by molar-refractivity contribution is 7.88. The molecule has 0 amide bonds. The van der Waals surface area contributed by atoms with Crippen LogP contribution in [-0.4, -0.2) is 31.5 Å². The molecule has 1 aromatic rings. The van der Waals surface area contributed by atoms with Crippen molar-refractivity contribution in [3.63, 3.8) is 0 Å². The maximum atomic E-state index is 12.5. The van der Waals surface area contributed by atoms with E-state index in [0.29, 0.717) is 15.7 Å². The van der Waals surface area contributed by atoms with Gasteiger partial charge in [0.1, 0.15) is 6.54 Å². The van der Waals surface area contributed by atoms with E-state index >= 15 is 0 Å². The van der Waals surface area contributed by atoms with Gasteiger partial charge in [-0.15, -0.1) is 11.6 Å². The highest BCUT2D eigenvalue weighted by Crippen LogP contribution is 2.22. The van der Waals surface area contributed by atoms with Crippen LogP contribution in [0.25, 0.3) is 0 Å². The third-order valence-electron chi connectivity index (χ3n) is 2.79. The topological polar surface area (TPSA) is 37.4 Å². The molecule has 0 aromatic heterocycles. The Balaban J connectivity index is 2.95. The summed E-state index contributed by atoms with van der Waals surface area (Å²) in [7, 11) is -4.05. The van der Waals surface area contributed by atoms with E-state index in [1.54, 1.807) is 24.3 Å². The fourth-order valence-corrected chi connectivity index (χ4v) is 3.74. The van der Waals surface area contributed by atoms with Gasteiger partial charge >= 0.3 is 6.18 Å². The molecular formula is C13H17ClF3NO2S. The lowest BCUT2D eigenvalue weighted by Crippen LogP contribution is -2.43. The second-order valence-electron chi connectivity index (χ2n) is 4.96. The van der Waals surface area contributed by atoms with E-state index in [0.717, 1.165) is 5.56 Å². The standard InChI is InChI=1S/C13H17ClF3NO2S/c1-10(2)18(9-13(15,16)17)21(19,20)8-12-5-3-11(7-14)4-6-12/h3-6,10H,7-9H2,1-2H3. The molecule has 0 unspecified atom stereocenters. The van der Waals surface area contributed by atoms with Crippen molar-refractivity contribution in [2.75, 3.05) is 6.54 Å². The molecule has 0 N–H and O–H groups in total. The summed E-state index contributed by atoms with van der Waals surface area (Å²) in [6.45, 7) is 1.35. The molecule has 1 aromatic carbocycles. The van der Waals surface area contributed by atoms with Crippen molar-refractivity contribution in [1.82, 2.24) is 4.31 Å². The number of sulfonamides is 1. The third kappa shape index (κ3) is 5.84. The summed E-state index contributed by atoms with van der Waals surface area (Å²) in [5, 5.41) is 0. The van der Waals surface area contributed by atoms with Crippen molar-refractivity contribution in [2.24, 2.45) is 0 Å². The SMILES string of the molecule is CC(C)N(CC(F)(F)F)S(=O)(=O)Cc1ccc(CCl)cc1. The summed E-state index contributed by atoms with van der Waals surface area (Å²) in [4.78, 5) is 0. The molecule has 1 rings (SSSR count). The zero-order valence-corrected chi connectivity index (χ0v) is 13.3. The zero-order valence-electron chi connectivity index (χ0n) is 11.7. The molecule has 0 saturated heterocycles. The fraction of sp³-hybridized carbons (Fsp3) is 0.538. The molecular weight excluding hydrogens is 327 g/mol. The first-order valence-electron chi connectivity index (χ1n) is 6.25. The van der Waals surface area contributed by atoms with E-state index in [-0.39, 0.29) is 0 Å². The summed E-state index contributed by atoms with van der Waals surface area (Å²) in [6, 6.07) is 5.66. The van der Waals surface area contributed by atoms with Crippen molar-refractivity contribution in [3.8, 4) is 0 Å². The molecule has 0 fully saturated rings. The minimum atomic E-state index is -4.57. The molecule has 3 nitrogen and oxygen atoms in total. The van der Waals surface area contributed by atoms with Crippen LogP contribution in [0.4, 0.5) is 13.2 Å². The van der Waals surface area contributed by atoms with Crippen LogP contribution in [0.1, 0.15) is 25.0 Å². The second-order valence-corrected chi connectivity index (χ2v) is 7.15. The maximum absolute atomic E-state index is 12.5. The van der Waals surface area contributed by atoms with Crippen molar-refractivity contribution in [2.45, 2.75) is 37.7 Å². The van der Waals surface area contributed by atoms with E-state index in [1.165, 1.54) is 13.8 Å². The summed E-state index contributed by atoms with van der Waals surface area (Å²) in [6.07, 6.45) is -4.57. The quantitative estimate of drug-likeness (QED) is 0.741. The predicted molar refractivity (Wildman–Crippen MR) is 76.5 cm³/mol. The van der Waals surface area contributed by atoms with Gasteiger partial charge in [-0.3, -0.25) is 0 Å². The average molecular weight is 344 g/mol. The van der Waals surface area contributed by atoms with Crippen LogP contribution in [0.5, 0.6) is 0 Å². The van der Waals surface area contributed by atoms with Crippen LogP contribution in [0.2, 0.25) is 0 Å². The molecule has 120 valence electrons. The van der Waals surface area contributed by atoms with Gasteiger partial charge in [0.25, 0.3) is 0 Å². The number of alkyl halides is 4. The van der Waals surface area contributed by atoms with Crippen molar-refractivity contribution in [1.29, 1.82) is 0 Å². The zero-order chi connectivity index (χ0) is 16.3. The third-order valence-corrected chi connectivity index (χ3v) is 5.07. The molecule has 8 heteroatoms. The largest absolute Gasteiger partial charge is 0.402 e. The van der Waals surface area contributed by atoms with Crippen LogP contribution in [-0.2, 0) is 21.7 Å². The summed E-state index contributed by atoms with van der Waals surface area (Å²) in [5.74, 6) is -0.178. The van der Waals surface area contributed by atoms with Crippen LogP contribution >= 0.6 is 11.6 Å². The number of nitrogens with zero attached hydrogens (tertiary/aromatic N) is 1. The molecule has 0 heterocycles. The first-order chi connectivity index (χ1) is 9.55. The number of benzene rings is 1. The fourth-order valence-electron chi connectivity index (χ4n) is 1.80. The molecule has 0 atom stereocenters. The smallest absolute Gasteiger partial charge is 0.212 e. The molecule has 0 saturated carbocycles. The molecule has 0 aliphatic carbocycles. The molecule has 0 bridgehead atoms. The molecule has 0 aliphatic rings. The Labute approximate surface area is 127 Å². The number of hydrogen-bond donors (Lipinski definition) is 0. The van der Waals surface area contributed by atoms with Crippen LogP contribution < -0.4 is 0 Å². The Morgan fingerprint density at radius 1 is 1.14 bits per heavy atom. The monoisotopic (exact) mass is 343 g/mol. The summed E-state index contributed by atoms with van der Waals surface area (Å²) in [5.41, 5.74) is 1.24. The Bertz CT molecular complexity index is 556. The van der Waals surface area contributed by atoms with E-state index in [1.807, 2.05) is 0 Å². The Morgan fingerprint density at radius 3 is 2.00 bits per heavy atom. The van der Waals surface area contributed by atoms with Crippen LogP contribution in [0.3, 0.4) is 0 Å². The van der Waals surface area contributed by atoms with Gasteiger partial charge in [0, 0.05) is 11.9 Å². The highest BCUT2D eigenvalue weighted by Gasteiger charge is 2.37. The lowest BCUT2D eigenvalue weighted by Gasteiger charge is -2.26. The number of hydrogen-bond acceptors (Lipinski definition) is 2. The second kappa shape index (κ2) is 6.98. The molecule has 0 radical (unpaired) electrons. The highest BCUT2D eigenvalue weighted by atomic mass is 35.5. The van der Waals surface area contributed by atoms with Gasteiger partial charge in [0.2, 0.25) is 10.0 Å². The van der Waals surface area contributed by atoms with Crippen molar-refractivity contribution < 1.29 is 21.6 Å². The Kier molecular flexibility index (Phi) is 6.07. The van der Waals surface area contributed by atoms with Crippen LogP contribution in [0.15, 0.2) is 24.3 Å². The van der Waals surface area contributed by atoms with Gasteiger partial charge < -0.3 is 0 Å². The Morgan fingerprint density at radius 2 is 1.62 bits per heavy atom.